The van der Waals surface area contributed by atoms with Crippen LogP contribution in [0.5, 0.6) is 0 Å². The third-order valence-corrected chi connectivity index (χ3v) is 4.75. The fourth-order valence-electron chi connectivity index (χ4n) is 3.29. The number of aliphatic carboxylic acids is 1. The highest BCUT2D eigenvalue weighted by atomic mass is 16.4. The SMILES string of the molecule is CCCCCCCCCCCC1(C(=O)O)CN(CCO)C(C)=N1. The van der Waals surface area contributed by atoms with E-state index in [0.717, 1.165) is 18.7 Å². The summed E-state index contributed by atoms with van der Waals surface area (Å²) in [4.78, 5) is 18.0. The lowest BCUT2D eigenvalue weighted by atomic mass is 9.92. The fraction of sp³-hybridized carbons (Fsp3) is 0.889. The summed E-state index contributed by atoms with van der Waals surface area (Å²) in [5.74, 6) is -0.103. The van der Waals surface area contributed by atoms with Gasteiger partial charge in [-0.2, -0.15) is 0 Å². The van der Waals surface area contributed by atoms with Gasteiger partial charge in [-0.05, 0) is 13.3 Å². The summed E-state index contributed by atoms with van der Waals surface area (Å²) in [5, 5.41) is 18.7. The predicted molar refractivity (Wildman–Crippen MR) is 94.0 cm³/mol. The molecule has 0 bridgehead atoms. The number of β-amino-alcohol motifs (C(OH)–C–C–N with tert-alkyl or cyclic N) is 1. The second-order valence-corrected chi connectivity index (χ2v) is 6.72. The van der Waals surface area contributed by atoms with Crippen molar-refractivity contribution in [2.24, 2.45) is 4.99 Å². The van der Waals surface area contributed by atoms with Gasteiger partial charge in [0.15, 0.2) is 5.54 Å². The number of aliphatic hydroxyl groups excluding tert-OH is 1. The molecule has 134 valence electrons. The highest BCUT2D eigenvalue weighted by Gasteiger charge is 2.44. The van der Waals surface area contributed by atoms with Crippen LogP contribution in [-0.4, -0.2) is 52.2 Å². The van der Waals surface area contributed by atoms with E-state index in [0.29, 0.717) is 19.5 Å². The molecule has 0 aromatic rings. The second kappa shape index (κ2) is 10.6. The molecule has 0 spiro atoms. The van der Waals surface area contributed by atoms with E-state index in [1.807, 2.05) is 11.8 Å². The van der Waals surface area contributed by atoms with Gasteiger partial charge in [0.25, 0.3) is 0 Å². The molecule has 0 amide bonds. The summed E-state index contributed by atoms with van der Waals surface area (Å²) < 4.78 is 0. The summed E-state index contributed by atoms with van der Waals surface area (Å²) in [5.41, 5.74) is -1.000. The Kier molecular flexibility index (Phi) is 9.22. The van der Waals surface area contributed by atoms with Crippen LogP contribution in [0.3, 0.4) is 0 Å². The number of unbranched alkanes of at least 4 members (excludes halogenated alkanes) is 8. The number of rotatable bonds is 13. The third kappa shape index (κ3) is 6.50. The van der Waals surface area contributed by atoms with Crippen LogP contribution in [0.25, 0.3) is 0 Å². The number of hydrogen-bond acceptors (Lipinski definition) is 4. The molecular weight excluding hydrogens is 292 g/mol. The van der Waals surface area contributed by atoms with Gasteiger partial charge in [-0.15, -0.1) is 0 Å². The van der Waals surface area contributed by atoms with E-state index in [2.05, 4.69) is 11.9 Å². The minimum atomic E-state index is -1.000. The number of hydrogen-bond donors (Lipinski definition) is 2. The normalized spacial score (nSPS) is 20.8. The number of carboxylic acid groups (broad SMARTS) is 1. The summed E-state index contributed by atoms with van der Waals surface area (Å²) in [6, 6.07) is 0. The molecule has 1 atom stereocenters. The maximum atomic E-state index is 11.7. The van der Waals surface area contributed by atoms with E-state index in [-0.39, 0.29) is 6.61 Å². The van der Waals surface area contributed by atoms with E-state index in [1.165, 1.54) is 44.9 Å². The number of amidine groups is 1. The maximum absolute atomic E-state index is 11.7. The van der Waals surface area contributed by atoms with Crippen LogP contribution < -0.4 is 0 Å². The van der Waals surface area contributed by atoms with Gasteiger partial charge in [0.2, 0.25) is 0 Å². The number of aliphatic imine (C=N–C) groups is 1. The molecule has 0 saturated carbocycles. The lowest BCUT2D eigenvalue weighted by molar-refractivity contribution is -0.143. The monoisotopic (exact) mass is 326 g/mol. The molecule has 1 rings (SSSR count). The first-order valence-corrected chi connectivity index (χ1v) is 9.21. The minimum Gasteiger partial charge on any atom is -0.479 e. The van der Waals surface area contributed by atoms with Crippen molar-refractivity contribution >= 4 is 11.8 Å². The molecule has 5 nitrogen and oxygen atoms in total. The zero-order valence-electron chi connectivity index (χ0n) is 14.9. The quantitative estimate of drug-likeness (QED) is 0.508. The topological polar surface area (TPSA) is 73.1 Å². The Morgan fingerprint density at radius 2 is 1.70 bits per heavy atom. The molecule has 5 heteroatoms. The molecule has 0 fully saturated rings. The summed E-state index contributed by atoms with van der Waals surface area (Å²) >= 11 is 0. The minimum absolute atomic E-state index is 0.0284. The van der Waals surface area contributed by atoms with Crippen LogP contribution in [0.1, 0.15) is 78.1 Å². The van der Waals surface area contributed by atoms with Crippen molar-refractivity contribution in [2.75, 3.05) is 19.7 Å². The molecule has 1 unspecified atom stereocenters. The molecule has 1 heterocycles. The molecule has 23 heavy (non-hydrogen) atoms. The molecule has 0 aromatic heterocycles. The molecule has 0 aromatic carbocycles. The smallest absolute Gasteiger partial charge is 0.333 e. The van der Waals surface area contributed by atoms with Gasteiger partial charge >= 0.3 is 5.97 Å². The molecule has 0 saturated heterocycles. The van der Waals surface area contributed by atoms with Crippen LogP contribution in [0.15, 0.2) is 4.99 Å². The molecule has 1 aliphatic rings. The number of aliphatic hydroxyl groups is 1. The van der Waals surface area contributed by atoms with Gasteiger partial charge in [0, 0.05) is 6.54 Å². The lowest BCUT2D eigenvalue weighted by Crippen LogP contribution is -2.43. The van der Waals surface area contributed by atoms with E-state index < -0.39 is 11.5 Å². The van der Waals surface area contributed by atoms with Crippen LogP contribution >= 0.6 is 0 Å². The molecule has 1 aliphatic heterocycles. The van der Waals surface area contributed by atoms with Crippen LogP contribution in [0.2, 0.25) is 0 Å². The van der Waals surface area contributed by atoms with Gasteiger partial charge in [-0.3, -0.25) is 4.99 Å². The van der Waals surface area contributed by atoms with Gasteiger partial charge in [-0.1, -0.05) is 64.7 Å². The third-order valence-electron chi connectivity index (χ3n) is 4.75. The van der Waals surface area contributed by atoms with Gasteiger partial charge in [0.05, 0.1) is 19.0 Å². The standard InChI is InChI=1S/C18H34N2O3/c1-3-4-5-6-7-8-9-10-11-12-18(17(22)23)15-20(13-14-21)16(2)19-18/h21H,3-15H2,1-2H3,(H,22,23). The van der Waals surface area contributed by atoms with Crippen LogP contribution in [0, 0.1) is 0 Å². The highest BCUT2D eigenvalue weighted by Crippen LogP contribution is 2.28. The van der Waals surface area contributed by atoms with Crippen molar-refractivity contribution in [3.05, 3.63) is 0 Å². The molecule has 0 radical (unpaired) electrons. The van der Waals surface area contributed by atoms with Crippen molar-refractivity contribution in [1.29, 1.82) is 0 Å². The Hall–Kier alpha value is -1.10. The first-order valence-electron chi connectivity index (χ1n) is 9.21. The average molecular weight is 326 g/mol. The molecule has 0 aliphatic carbocycles. The van der Waals surface area contributed by atoms with E-state index in [9.17, 15) is 9.90 Å². The van der Waals surface area contributed by atoms with Crippen molar-refractivity contribution < 1.29 is 15.0 Å². The van der Waals surface area contributed by atoms with E-state index in [4.69, 9.17) is 5.11 Å². The largest absolute Gasteiger partial charge is 0.479 e. The Morgan fingerprint density at radius 3 is 2.22 bits per heavy atom. The van der Waals surface area contributed by atoms with Crippen LogP contribution in [0.4, 0.5) is 0 Å². The van der Waals surface area contributed by atoms with Crippen LogP contribution in [-0.2, 0) is 4.79 Å². The van der Waals surface area contributed by atoms with E-state index in [1.54, 1.807) is 0 Å². The highest BCUT2D eigenvalue weighted by molar-refractivity contribution is 5.90. The first kappa shape index (κ1) is 19.9. The number of carbonyl (C=O) groups is 1. The summed E-state index contributed by atoms with van der Waals surface area (Å²) in [6.45, 7) is 4.94. The Bertz CT molecular complexity index is 384. The Morgan fingerprint density at radius 1 is 1.13 bits per heavy atom. The van der Waals surface area contributed by atoms with Crippen molar-refractivity contribution in [3.8, 4) is 0 Å². The zero-order chi connectivity index (χ0) is 17.1. The van der Waals surface area contributed by atoms with Crippen molar-refractivity contribution in [1.82, 2.24) is 4.90 Å². The maximum Gasteiger partial charge on any atom is 0.333 e. The Balaban J connectivity index is 2.27. The lowest BCUT2D eigenvalue weighted by Gasteiger charge is -2.24. The van der Waals surface area contributed by atoms with Gasteiger partial charge < -0.3 is 15.1 Å². The number of carboxylic acids is 1. The summed E-state index contributed by atoms with van der Waals surface area (Å²) in [6.07, 6.45) is 11.6. The fourth-order valence-corrected chi connectivity index (χ4v) is 3.29. The first-order chi connectivity index (χ1) is 11.1. The predicted octanol–water partition coefficient (Wildman–Crippen LogP) is 3.46. The number of nitrogens with zero attached hydrogens (tertiary/aromatic N) is 2. The molecular formula is C18H34N2O3. The Labute approximate surface area is 140 Å². The second-order valence-electron chi connectivity index (χ2n) is 6.72. The zero-order valence-corrected chi connectivity index (χ0v) is 14.9. The molecule has 2 N–H and O–H groups in total. The van der Waals surface area contributed by atoms with E-state index >= 15 is 0 Å². The van der Waals surface area contributed by atoms with Gasteiger partial charge in [-0.25, -0.2) is 4.79 Å². The average Bonchev–Trinajstić information content (AvgIpc) is 2.84. The van der Waals surface area contributed by atoms with Crippen molar-refractivity contribution in [2.45, 2.75) is 83.6 Å². The summed E-state index contributed by atoms with van der Waals surface area (Å²) in [7, 11) is 0. The van der Waals surface area contributed by atoms with Gasteiger partial charge in [0.1, 0.15) is 0 Å². The van der Waals surface area contributed by atoms with Crippen molar-refractivity contribution in [3.63, 3.8) is 0 Å².